The fourth-order valence-electron chi connectivity index (χ4n) is 3.43. The van der Waals surface area contributed by atoms with Crippen LogP contribution in [0, 0.1) is 16.1 Å². The number of nitriles is 1. The predicted molar refractivity (Wildman–Crippen MR) is 96.1 cm³/mol. The van der Waals surface area contributed by atoms with Crippen molar-refractivity contribution in [2.75, 3.05) is 17.7 Å². The second-order valence-corrected chi connectivity index (χ2v) is 9.06. The average Bonchev–Trinajstić information content (AvgIpc) is 2.88. The standard InChI is InChI=1S/C18H17F2N5OS/c1-27(22,26)13-4-2-3-11(9-13)15-14-5-7-18(19,20)16(14)24-17(23-15)25-8-6-12(25)10-21/h2-4,9,12,22H,5-8H2,1H3/t12-,27?/m1/s1. The largest absolute Gasteiger partial charge is 0.325 e. The summed E-state index contributed by atoms with van der Waals surface area (Å²) in [6.45, 7) is 0.539. The average molecular weight is 389 g/mol. The molecule has 1 aliphatic carbocycles. The van der Waals surface area contributed by atoms with Gasteiger partial charge in [-0.15, -0.1) is 0 Å². The van der Waals surface area contributed by atoms with Crippen molar-refractivity contribution >= 4 is 15.7 Å². The van der Waals surface area contributed by atoms with Crippen LogP contribution in [0.25, 0.3) is 11.3 Å². The highest BCUT2D eigenvalue weighted by molar-refractivity contribution is 7.91. The summed E-state index contributed by atoms with van der Waals surface area (Å²) >= 11 is 0. The topological polar surface area (TPSA) is 93.7 Å². The van der Waals surface area contributed by atoms with E-state index in [0.29, 0.717) is 34.7 Å². The van der Waals surface area contributed by atoms with Gasteiger partial charge in [-0.2, -0.15) is 14.0 Å². The number of hydrogen-bond acceptors (Lipinski definition) is 6. The molecule has 1 aromatic heterocycles. The van der Waals surface area contributed by atoms with E-state index >= 15 is 0 Å². The maximum Gasteiger partial charge on any atom is 0.290 e. The van der Waals surface area contributed by atoms with Crippen LogP contribution in [0.4, 0.5) is 14.7 Å². The summed E-state index contributed by atoms with van der Waals surface area (Å²) in [5, 5.41) is 9.18. The smallest absolute Gasteiger partial charge is 0.290 e. The molecular weight excluding hydrogens is 372 g/mol. The third-order valence-corrected chi connectivity index (χ3v) is 6.17. The monoisotopic (exact) mass is 389 g/mol. The highest BCUT2D eigenvalue weighted by Gasteiger charge is 2.44. The van der Waals surface area contributed by atoms with Gasteiger partial charge in [-0.1, -0.05) is 12.1 Å². The minimum Gasteiger partial charge on any atom is -0.325 e. The SMILES string of the molecule is CS(=N)(=O)c1cccc(-c2nc(N3CC[C@@H]3C#N)nc3c2CCC3(F)F)c1. The normalized spacial score (nSPS) is 22.4. The number of nitrogens with one attached hydrogen (secondary N) is 1. The van der Waals surface area contributed by atoms with Crippen LogP contribution in [0.5, 0.6) is 0 Å². The Hall–Kier alpha value is -2.60. The lowest BCUT2D eigenvalue weighted by Gasteiger charge is -2.36. The maximum absolute atomic E-state index is 14.4. The van der Waals surface area contributed by atoms with E-state index in [1.165, 1.54) is 6.26 Å². The van der Waals surface area contributed by atoms with Gasteiger partial charge >= 0.3 is 0 Å². The molecule has 0 amide bonds. The Bertz CT molecular complexity index is 1080. The molecule has 4 rings (SSSR count). The molecule has 2 aromatic rings. The fraction of sp³-hybridized carbons (Fsp3) is 0.389. The van der Waals surface area contributed by atoms with Crippen molar-refractivity contribution in [3.63, 3.8) is 0 Å². The molecule has 1 N–H and O–H groups in total. The van der Waals surface area contributed by atoms with E-state index in [4.69, 9.17) is 4.78 Å². The number of hydrogen-bond donors (Lipinski definition) is 1. The van der Waals surface area contributed by atoms with Crippen molar-refractivity contribution in [3.05, 3.63) is 35.5 Å². The van der Waals surface area contributed by atoms with E-state index in [2.05, 4.69) is 16.0 Å². The van der Waals surface area contributed by atoms with E-state index in [1.54, 1.807) is 29.2 Å². The van der Waals surface area contributed by atoms with Gasteiger partial charge in [0.05, 0.1) is 21.5 Å². The van der Waals surface area contributed by atoms with Crippen LogP contribution in [0.1, 0.15) is 24.1 Å². The summed E-state index contributed by atoms with van der Waals surface area (Å²) in [7, 11) is -2.95. The first-order valence-electron chi connectivity index (χ1n) is 8.50. The Morgan fingerprint density at radius 2 is 2.19 bits per heavy atom. The van der Waals surface area contributed by atoms with Gasteiger partial charge in [0.2, 0.25) is 5.95 Å². The van der Waals surface area contributed by atoms with Crippen molar-refractivity contribution in [2.45, 2.75) is 36.1 Å². The Morgan fingerprint density at radius 3 is 2.81 bits per heavy atom. The van der Waals surface area contributed by atoms with Crippen LogP contribution in [-0.4, -0.2) is 33.0 Å². The molecule has 0 radical (unpaired) electrons. The van der Waals surface area contributed by atoms with Crippen LogP contribution < -0.4 is 4.90 Å². The van der Waals surface area contributed by atoms with Crippen LogP contribution in [0.15, 0.2) is 29.2 Å². The predicted octanol–water partition coefficient (Wildman–Crippen LogP) is 3.32. The molecule has 9 heteroatoms. The molecule has 6 nitrogen and oxygen atoms in total. The number of benzene rings is 1. The molecule has 0 saturated carbocycles. The van der Waals surface area contributed by atoms with E-state index in [9.17, 15) is 18.3 Å². The van der Waals surface area contributed by atoms with Crippen molar-refractivity contribution in [1.82, 2.24) is 9.97 Å². The van der Waals surface area contributed by atoms with E-state index in [1.807, 2.05) is 0 Å². The van der Waals surface area contributed by atoms with Crippen LogP contribution in [0.3, 0.4) is 0 Å². The van der Waals surface area contributed by atoms with Crippen molar-refractivity contribution < 1.29 is 13.0 Å². The maximum atomic E-state index is 14.4. The lowest BCUT2D eigenvalue weighted by Crippen LogP contribution is -2.48. The van der Waals surface area contributed by atoms with Gasteiger partial charge in [0.25, 0.3) is 5.92 Å². The molecule has 1 aliphatic heterocycles. The second kappa shape index (κ2) is 5.96. The minimum absolute atomic E-state index is 0.122. The zero-order valence-electron chi connectivity index (χ0n) is 14.6. The summed E-state index contributed by atoms with van der Waals surface area (Å²) in [6, 6.07) is 8.20. The third-order valence-electron chi connectivity index (χ3n) is 5.01. The number of halogens is 2. The van der Waals surface area contributed by atoms with E-state index in [-0.39, 0.29) is 24.5 Å². The van der Waals surface area contributed by atoms with Gasteiger partial charge in [0.15, 0.2) is 0 Å². The first-order valence-corrected chi connectivity index (χ1v) is 10.5. The Morgan fingerprint density at radius 1 is 1.41 bits per heavy atom. The summed E-state index contributed by atoms with van der Waals surface area (Å²) < 4.78 is 48.7. The fourth-order valence-corrected chi connectivity index (χ4v) is 4.12. The number of aromatic nitrogens is 2. The number of rotatable bonds is 3. The number of fused-ring (bicyclic) bond motifs is 1. The van der Waals surface area contributed by atoms with E-state index < -0.39 is 21.7 Å². The van der Waals surface area contributed by atoms with Crippen LogP contribution in [-0.2, 0) is 22.1 Å². The zero-order chi connectivity index (χ0) is 19.4. The summed E-state index contributed by atoms with van der Waals surface area (Å²) in [5.74, 6) is -2.92. The molecule has 2 heterocycles. The summed E-state index contributed by atoms with van der Waals surface area (Å²) in [4.78, 5) is 10.5. The Balaban J connectivity index is 1.91. The Labute approximate surface area is 155 Å². The van der Waals surface area contributed by atoms with Gasteiger partial charge < -0.3 is 4.90 Å². The van der Waals surface area contributed by atoms with Gasteiger partial charge in [-0.25, -0.2) is 19.0 Å². The van der Waals surface area contributed by atoms with Crippen molar-refractivity contribution in [1.29, 1.82) is 10.0 Å². The molecule has 0 spiro atoms. The van der Waals surface area contributed by atoms with Crippen molar-refractivity contribution in [2.24, 2.45) is 0 Å². The second-order valence-electron chi connectivity index (χ2n) is 6.90. The first kappa shape index (κ1) is 17.8. The lowest BCUT2D eigenvalue weighted by atomic mass is 10.0. The molecule has 1 aromatic carbocycles. The molecule has 0 bridgehead atoms. The minimum atomic E-state index is -3.04. The molecule has 27 heavy (non-hydrogen) atoms. The quantitative estimate of drug-likeness (QED) is 0.869. The van der Waals surface area contributed by atoms with Gasteiger partial charge in [-0.05, 0) is 25.0 Å². The van der Waals surface area contributed by atoms with Gasteiger partial charge in [0, 0.05) is 35.2 Å². The molecule has 2 aliphatic rings. The summed E-state index contributed by atoms with van der Waals surface area (Å²) in [5.41, 5.74) is 0.976. The molecule has 140 valence electrons. The van der Waals surface area contributed by atoms with Crippen LogP contribution in [0.2, 0.25) is 0 Å². The lowest BCUT2D eigenvalue weighted by molar-refractivity contribution is -0.00594. The molecule has 1 saturated heterocycles. The van der Waals surface area contributed by atoms with Crippen LogP contribution >= 0.6 is 0 Å². The van der Waals surface area contributed by atoms with Crippen molar-refractivity contribution in [3.8, 4) is 17.3 Å². The highest BCUT2D eigenvalue weighted by Crippen LogP contribution is 2.45. The number of anilines is 1. The molecule has 1 unspecified atom stereocenters. The third kappa shape index (κ3) is 2.94. The molecule has 1 fully saturated rings. The first-order chi connectivity index (χ1) is 12.7. The highest BCUT2D eigenvalue weighted by atomic mass is 32.2. The molecular formula is C18H17F2N5OS. The van der Waals surface area contributed by atoms with E-state index in [0.717, 1.165) is 0 Å². The number of nitrogens with zero attached hydrogens (tertiary/aromatic N) is 4. The van der Waals surface area contributed by atoms with Gasteiger partial charge in [-0.3, -0.25) is 0 Å². The summed E-state index contributed by atoms with van der Waals surface area (Å²) in [6.07, 6.45) is 1.77. The zero-order valence-corrected chi connectivity index (χ0v) is 15.4. The molecule has 2 atom stereocenters. The number of alkyl halides is 2. The Kier molecular flexibility index (Phi) is 3.93. The van der Waals surface area contributed by atoms with Gasteiger partial charge in [0.1, 0.15) is 11.7 Å².